The molecule has 3 heterocycles. The number of anilines is 3. The summed E-state index contributed by atoms with van der Waals surface area (Å²) < 4.78 is 18.6. The molecule has 0 radical (unpaired) electrons. The van der Waals surface area contributed by atoms with Crippen LogP contribution in [-0.2, 0) is 4.57 Å². The molecule has 0 bridgehead atoms. The number of nitrogens with one attached hydrogen (secondary N) is 1. The molecule has 168 valence electrons. The molecular formula is C22H27N6O3P. The summed E-state index contributed by atoms with van der Waals surface area (Å²) in [5, 5.41) is 3.79. The monoisotopic (exact) mass is 454 g/mol. The predicted molar refractivity (Wildman–Crippen MR) is 127 cm³/mol. The minimum atomic E-state index is -2.47. The van der Waals surface area contributed by atoms with Gasteiger partial charge in [-0.3, -0.25) is 4.79 Å². The number of aromatic nitrogens is 4. The quantitative estimate of drug-likeness (QED) is 0.365. The standard InChI is InChI=1S/C22H27N6O3P/c1-5-18(29)16-13-25-19(23)10-17(16)28-22-20(31-4)15(8-9-24-22)21-26-11-14(12-27-21)32(30,6-2)7-3/h8-13H,5-7H2,1-4H3,(H3,23,24,25,28). The number of methoxy groups -OCH3 is 1. The fourth-order valence-electron chi connectivity index (χ4n) is 3.29. The maximum Gasteiger partial charge on any atom is 0.173 e. The Morgan fingerprint density at radius 1 is 1.09 bits per heavy atom. The van der Waals surface area contributed by atoms with Gasteiger partial charge in [-0.1, -0.05) is 20.8 Å². The number of carbonyl (C=O) groups is 1. The molecule has 10 heteroatoms. The van der Waals surface area contributed by atoms with Gasteiger partial charge < -0.3 is 20.4 Å². The van der Waals surface area contributed by atoms with E-state index in [1.54, 1.807) is 37.6 Å². The Balaban J connectivity index is 2.03. The van der Waals surface area contributed by atoms with Crippen LogP contribution in [0.15, 0.2) is 36.9 Å². The molecule has 3 rings (SSSR count). The second kappa shape index (κ2) is 9.87. The average molecular weight is 454 g/mol. The normalized spacial score (nSPS) is 11.2. The van der Waals surface area contributed by atoms with Gasteiger partial charge in [0.15, 0.2) is 23.2 Å². The zero-order valence-electron chi connectivity index (χ0n) is 18.6. The van der Waals surface area contributed by atoms with E-state index in [0.717, 1.165) is 0 Å². The summed E-state index contributed by atoms with van der Waals surface area (Å²) in [6.45, 7) is 5.59. The SMILES string of the molecule is CCC(=O)c1cnc(N)cc1Nc1nccc(-c2ncc(P(=O)(CC)CC)cn2)c1OC. The zero-order valence-corrected chi connectivity index (χ0v) is 19.5. The number of hydrogen-bond donors (Lipinski definition) is 2. The maximum absolute atomic E-state index is 13.0. The van der Waals surface area contributed by atoms with Gasteiger partial charge in [-0.15, -0.1) is 0 Å². The van der Waals surface area contributed by atoms with Crippen molar-refractivity contribution in [2.24, 2.45) is 0 Å². The molecule has 0 fully saturated rings. The molecule has 0 aromatic carbocycles. The molecule has 0 saturated carbocycles. The molecule has 0 saturated heterocycles. The van der Waals surface area contributed by atoms with Crippen molar-refractivity contribution < 1.29 is 14.1 Å². The Morgan fingerprint density at radius 2 is 1.78 bits per heavy atom. The van der Waals surface area contributed by atoms with E-state index in [-0.39, 0.29) is 11.6 Å². The van der Waals surface area contributed by atoms with Gasteiger partial charge in [-0.2, -0.15) is 0 Å². The number of hydrogen-bond acceptors (Lipinski definition) is 9. The Morgan fingerprint density at radius 3 is 2.38 bits per heavy atom. The number of rotatable bonds is 9. The summed E-state index contributed by atoms with van der Waals surface area (Å²) >= 11 is 0. The highest BCUT2D eigenvalue weighted by Gasteiger charge is 2.22. The fourth-order valence-corrected chi connectivity index (χ4v) is 5.01. The molecule has 0 spiro atoms. The Kier molecular flexibility index (Phi) is 7.20. The molecule has 0 atom stereocenters. The minimum Gasteiger partial charge on any atom is -0.492 e. The first-order valence-electron chi connectivity index (χ1n) is 10.4. The van der Waals surface area contributed by atoms with Crippen molar-refractivity contribution in [2.75, 3.05) is 30.5 Å². The van der Waals surface area contributed by atoms with Gasteiger partial charge in [0.2, 0.25) is 0 Å². The van der Waals surface area contributed by atoms with Crippen molar-refractivity contribution in [3.05, 3.63) is 42.5 Å². The van der Waals surface area contributed by atoms with Crippen LogP contribution in [0.1, 0.15) is 37.6 Å². The van der Waals surface area contributed by atoms with Crippen LogP contribution >= 0.6 is 7.14 Å². The first kappa shape index (κ1) is 23.3. The average Bonchev–Trinajstić information content (AvgIpc) is 2.83. The van der Waals surface area contributed by atoms with E-state index in [9.17, 15) is 9.36 Å². The molecule has 0 aliphatic heterocycles. The van der Waals surface area contributed by atoms with E-state index in [1.807, 2.05) is 13.8 Å². The van der Waals surface area contributed by atoms with Crippen LogP contribution in [0, 0.1) is 0 Å². The van der Waals surface area contributed by atoms with Crippen molar-refractivity contribution in [1.82, 2.24) is 19.9 Å². The fraction of sp³-hybridized carbons (Fsp3) is 0.318. The highest BCUT2D eigenvalue weighted by molar-refractivity contribution is 7.71. The first-order chi connectivity index (χ1) is 15.4. The molecule has 9 nitrogen and oxygen atoms in total. The van der Waals surface area contributed by atoms with Crippen LogP contribution in [0.4, 0.5) is 17.3 Å². The molecule has 3 aromatic heterocycles. The van der Waals surface area contributed by atoms with Crippen molar-refractivity contribution in [2.45, 2.75) is 27.2 Å². The highest BCUT2D eigenvalue weighted by Crippen LogP contribution is 2.43. The molecule has 3 aromatic rings. The minimum absolute atomic E-state index is 0.0784. The van der Waals surface area contributed by atoms with E-state index in [4.69, 9.17) is 10.5 Å². The van der Waals surface area contributed by atoms with Gasteiger partial charge >= 0.3 is 0 Å². The Bertz CT molecular complexity index is 1160. The van der Waals surface area contributed by atoms with Gasteiger partial charge in [-0.25, -0.2) is 19.9 Å². The lowest BCUT2D eigenvalue weighted by molar-refractivity contribution is 0.0988. The van der Waals surface area contributed by atoms with E-state index in [1.165, 1.54) is 13.3 Å². The molecule has 3 N–H and O–H groups in total. The summed E-state index contributed by atoms with van der Waals surface area (Å²) in [4.78, 5) is 29.6. The third-order valence-corrected chi connectivity index (χ3v) is 8.50. The highest BCUT2D eigenvalue weighted by atomic mass is 31.2. The number of nitrogens with two attached hydrogens (primary N) is 1. The van der Waals surface area contributed by atoms with Crippen molar-refractivity contribution in [3.8, 4) is 17.1 Å². The van der Waals surface area contributed by atoms with E-state index in [0.29, 0.717) is 58.3 Å². The van der Waals surface area contributed by atoms with E-state index < -0.39 is 7.14 Å². The predicted octanol–water partition coefficient (Wildman–Crippen LogP) is 3.89. The van der Waals surface area contributed by atoms with Crippen LogP contribution in [0.5, 0.6) is 5.75 Å². The summed E-state index contributed by atoms with van der Waals surface area (Å²) in [5.41, 5.74) is 7.32. The Labute approximate surface area is 187 Å². The lowest BCUT2D eigenvalue weighted by Gasteiger charge is -2.16. The number of carbonyl (C=O) groups excluding carboxylic acids is 1. The molecular weight excluding hydrogens is 427 g/mol. The van der Waals surface area contributed by atoms with Gasteiger partial charge in [-0.05, 0) is 6.07 Å². The van der Waals surface area contributed by atoms with Crippen LogP contribution < -0.4 is 21.1 Å². The Hall–Kier alpha value is -3.32. The number of ketones is 1. The third-order valence-electron chi connectivity index (χ3n) is 5.28. The number of Topliss-reactive ketones (excluding diaryl/α,β-unsaturated/α-hetero) is 1. The van der Waals surface area contributed by atoms with Gasteiger partial charge in [0.25, 0.3) is 0 Å². The number of nitrogen functional groups attached to an aromatic ring is 1. The van der Waals surface area contributed by atoms with Gasteiger partial charge in [0, 0.05) is 54.9 Å². The smallest absolute Gasteiger partial charge is 0.173 e. The lowest BCUT2D eigenvalue weighted by Crippen LogP contribution is -2.11. The summed E-state index contributed by atoms with van der Waals surface area (Å²) in [6, 6.07) is 3.31. The molecule has 32 heavy (non-hydrogen) atoms. The van der Waals surface area contributed by atoms with Crippen molar-refractivity contribution in [1.29, 1.82) is 0 Å². The maximum atomic E-state index is 13.0. The van der Waals surface area contributed by atoms with E-state index in [2.05, 4.69) is 25.3 Å². The molecule has 0 amide bonds. The van der Waals surface area contributed by atoms with Crippen LogP contribution in [0.25, 0.3) is 11.4 Å². The van der Waals surface area contributed by atoms with Crippen LogP contribution in [0.2, 0.25) is 0 Å². The topological polar surface area (TPSA) is 133 Å². The van der Waals surface area contributed by atoms with Crippen LogP contribution in [0.3, 0.4) is 0 Å². The third kappa shape index (κ3) is 4.62. The van der Waals surface area contributed by atoms with Crippen LogP contribution in [-0.4, -0.2) is 45.2 Å². The summed E-state index contributed by atoms with van der Waals surface area (Å²) in [7, 11) is -0.957. The number of nitrogens with zero attached hydrogens (tertiary/aromatic N) is 4. The zero-order chi connectivity index (χ0) is 23.3. The van der Waals surface area contributed by atoms with Crippen molar-refractivity contribution in [3.63, 3.8) is 0 Å². The second-order valence-electron chi connectivity index (χ2n) is 7.08. The van der Waals surface area contributed by atoms with Gasteiger partial charge in [0.05, 0.1) is 23.9 Å². The molecule has 0 aliphatic carbocycles. The molecule has 0 unspecified atom stereocenters. The summed E-state index contributed by atoms with van der Waals surface area (Å²) in [6.07, 6.45) is 7.72. The van der Waals surface area contributed by atoms with E-state index >= 15 is 0 Å². The lowest BCUT2D eigenvalue weighted by atomic mass is 10.1. The summed E-state index contributed by atoms with van der Waals surface area (Å²) in [5.74, 6) is 1.38. The second-order valence-corrected chi connectivity index (χ2v) is 10.6. The number of pyridine rings is 2. The van der Waals surface area contributed by atoms with Crippen molar-refractivity contribution >= 4 is 35.6 Å². The first-order valence-corrected chi connectivity index (χ1v) is 12.4. The number of ether oxygens (including phenoxy) is 1. The molecule has 0 aliphatic rings. The largest absolute Gasteiger partial charge is 0.492 e. The van der Waals surface area contributed by atoms with Gasteiger partial charge in [0.1, 0.15) is 13.0 Å².